The van der Waals surface area contributed by atoms with Gasteiger partial charge < -0.3 is 14.2 Å². The van der Waals surface area contributed by atoms with Crippen molar-refractivity contribution in [2.75, 3.05) is 29.1 Å². The van der Waals surface area contributed by atoms with Gasteiger partial charge in [0.2, 0.25) is 11.7 Å². The number of anilines is 2. The molecular formula is C21H18N6O2S. The Kier molecular flexibility index (Phi) is 4.64. The van der Waals surface area contributed by atoms with Gasteiger partial charge in [0.15, 0.2) is 5.16 Å². The quantitative estimate of drug-likeness (QED) is 0.472. The van der Waals surface area contributed by atoms with Gasteiger partial charge in [-0.05, 0) is 37.3 Å². The van der Waals surface area contributed by atoms with E-state index in [0.717, 1.165) is 30.9 Å². The Labute approximate surface area is 177 Å². The molecule has 2 aromatic heterocycles. The van der Waals surface area contributed by atoms with Crippen molar-refractivity contribution in [1.29, 1.82) is 5.26 Å². The summed E-state index contributed by atoms with van der Waals surface area (Å²) in [4.78, 5) is 30.7. The Bertz CT molecular complexity index is 1170. The number of nitriles is 1. The molecule has 0 bridgehead atoms. The Morgan fingerprint density at radius 3 is 3.00 bits per heavy atom. The molecule has 0 saturated carbocycles. The topological polar surface area (TPSA) is 99.2 Å². The van der Waals surface area contributed by atoms with Gasteiger partial charge in [0.1, 0.15) is 17.5 Å². The number of rotatable bonds is 3. The number of oxazole rings is 1. The van der Waals surface area contributed by atoms with Gasteiger partial charge in [-0.2, -0.15) is 5.26 Å². The van der Waals surface area contributed by atoms with Crippen molar-refractivity contribution in [2.45, 2.75) is 24.0 Å². The Hall–Kier alpha value is -3.38. The molecule has 5 rings (SSSR count). The van der Waals surface area contributed by atoms with Crippen LogP contribution in [0.25, 0.3) is 11.5 Å². The number of carbonyl (C=O) groups is 1. The van der Waals surface area contributed by atoms with Crippen LogP contribution in [0.4, 0.5) is 11.5 Å². The summed E-state index contributed by atoms with van der Waals surface area (Å²) in [7, 11) is 0. The Balaban J connectivity index is 1.57. The zero-order valence-corrected chi connectivity index (χ0v) is 17.1. The van der Waals surface area contributed by atoms with Gasteiger partial charge in [0.05, 0.1) is 6.20 Å². The van der Waals surface area contributed by atoms with E-state index in [1.807, 2.05) is 36.6 Å². The van der Waals surface area contributed by atoms with Crippen LogP contribution in [0.1, 0.15) is 29.0 Å². The molecule has 9 heteroatoms. The molecule has 0 spiro atoms. The molecule has 4 heterocycles. The molecule has 1 fully saturated rings. The zero-order chi connectivity index (χ0) is 20.7. The SMILES string of the molecule is CSc1ncc2c(n1)N1CCCC1CN(c1cccc(-c3ncc(C#N)o3)c1)C2=O. The number of benzene rings is 1. The van der Waals surface area contributed by atoms with Crippen LogP contribution in [-0.2, 0) is 0 Å². The summed E-state index contributed by atoms with van der Waals surface area (Å²) in [6.45, 7) is 1.46. The minimum atomic E-state index is -0.116. The summed E-state index contributed by atoms with van der Waals surface area (Å²) >= 11 is 1.47. The van der Waals surface area contributed by atoms with Gasteiger partial charge in [0.25, 0.3) is 5.91 Å². The molecule has 1 saturated heterocycles. The molecule has 8 nitrogen and oxygen atoms in total. The summed E-state index contributed by atoms with van der Waals surface area (Å²) in [6, 6.07) is 9.62. The highest BCUT2D eigenvalue weighted by Crippen LogP contribution is 2.35. The van der Waals surface area contributed by atoms with E-state index in [2.05, 4.69) is 19.9 Å². The highest BCUT2D eigenvalue weighted by Gasteiger charge is 2.37. The first kappa shape index (κ1) is 18.6. The lowest BCUT2D eigenvalue weighted by atomic mass is 10.1. The van der Waals surface area contributed by atoms with Crippen LogP contribution in [0.5, 0.6) is 0 Å². The summed E-state index contributed by atoms with van der Waals surface area (Å²) in [5.41, 5.74) is 1.98. The molecule has 1 unspecified atom stereocenters. The molecule has 0 radical (unpaired) electrons. The van der Waals surface area contributed by atoms with Crippen molar-refractivity contribution in [3.63, 3.8) is 0 Å². The number of thioether (sulfide) groups is 1. The molecule has 0 aliphatic carbocycles. The van der Waals surface area contributed by atoms with Gasteiger partial charge in [-0.3, -0.25) is 4.79 Å². The average molecular weight is 418 g/mol. The molecule has 1 atom stereocenters. The second-order valence-corrected chi connectivity index (χ2v) is 7.96. The molecule has 1 amide bonds. The van der Waals surface area contributed by atoms with E-state index in [1.54, 1.807) is 11.1 Å². The molecule has 3 aromatic rings. The summed E-state index contributed by atoms with van der Waals surface area (Å²) < 4.78 is 5.46. The minimum Gasteiger partial charge on any atom is -0.426 e. The van der Waals surface area contributed by atoms with Crippen molar-refractivity contribution in [3.05, 3.63) is 48.0 Å². The van der Waals surface area contributed by atoms with Crippen molar-refractivity contribution in [1.82, 2.24) is 15.0 Å². The van der Waals surface area contributed by atoms with Gasteiger partial charge in [-0.15, -0.1) is 0 Å². The maximum absolute atomic E-state index is 13.5. The van der Waals surface area contributed by atoms with Crippen LogP contribution < -0.4 is 9.80 Å². The van der Waals surface area contributed by atoms with Crippen LogP contribution in [0.15, 0.2) is 46.2 Å². The molecule has 0 N–H and O–H groups in total. The second kappa shape index (κ2) is 7.46. The second-order valence-electron chi connectivity index (χ2n) is 7.19. The predicted molar refractivity (Wildman–Crippen MR) is 113 cm³/mol. The fraction of sp³-hybridized carbons (Fsp3) is 0.286. The van der Waals surface area contributed by atoms with Crippen molar-refractivity contribution < 1.29 is 9.21 Å². The largest absolute Gasteiger partial charge is 0.426 e. The standard InChI is InChI=1S/C21H18N6O2S/c1-30-21-24-11-17-18(25-21)26-7-3-6-15(26)12-27(20(17)28)14-5-2-4-13(8-14)19-23-10-16(9-22)29-19/h2,4-5,8,10-11,15H,3,6-7,12H2,1H3. The van der Waals surface area contributed by atoms with E-state index in [4.69, 9.17) is 9.68 Å². The third-order valence-electron chi connectivity index (χ3n) is 5.47. The predicted octanol–water partition coefficient (Wildman–Crippen LogP) is 3.35. The van der Waals surface area contributed by atoms with Crippen LogP contribution in [0.3, 0.4) is 0 Å². The van der Waals surface area contributed by atoms with E-state index in [1.165, 1.54) is 18.0 Å². The maximum Gasteiger partial charge on any atom is 0.263 e. The molecule has 30 heavy (non-hydrogen) atoms. The molecule has 150 valence electrons. The van der Waals surface area contributed by atoms with Crippen molar-refractivity contribution in [2.24, 2.45) is 0 Å². The highest BCUT2D eigenvalue weighted by atomic mass is 32.2. The van der Waals surface area contributed by atoms with Crippen molar-refractivity contribution in [3.8, 4) is 17.5 Å². The third-order valence-corrected chi connectivity index (χ3v) is 6.03. The zero-order valence-electron chi connectivity index (χ0n) is 16.3. The van der Waals surface area contributed by atoms with Gasteiger partial charge in [0, 0.05) is 36.6 Å². The summed E-state index contributed by atoms with van der Waals surface area (Å²) in [5.74, 6) is 1.12. The molecule has 2 aliphatic heterocycles. The Morgan fingerprint density at radius 1 is 1.30 bits per heavy atom. The summed E-state index contributed by atoms with van der Waals surface area (Å²) in [6.07, 6.45) is 7.04. The number of aromatic nitrogens is 3. The van der Waals surface area contributed by atoms with Gasteiger partial charge in [-0.1, -0.05) is 17.8 Å². The van der Waals surface area contributed by atoms with E-state index >= 15 is 0 Å². The van der Waals surface area contributed by atoms with Crippen LogP contribution in [0.2, 0.25) is 0 Å². The lowest BCUT2D eigenvalue weighted by molar-refractivity contribution is 0.0988. The third kappa shape index (κ3) is 3.09. The first-order valence-corrected chi connectivity index (χ1v) is 10.9. The number of fused-ring (bicyclic) bond motifs is 3. The van der Waals surface area contributed by atoms with Gasteiger partial charge in [-0.25, -0.2) is 15.0 Å². The minimum absolute atomic E-state index is 0.116. The molecule has 1 aromatic carbocycles. The van der Waals surface area contributed by atoms with E-state index in [0.29, 0.717) is 28.7 Å². The lowest BCUT2D eigenvalue weighted by Gasteiger charge is -2.27. The van der Waals surface area contributed by atoms with E-state index in [9.17, 15) is 4.79 Å². The molecule has 2 aliphatic rings. The van der Waals surface area contributed by atoms with Crippen LogP contribution in [-0.4, -0.2) is 46.2 Å². The Morgan fingerprint density at radius 2 is 2.20 bits per heavy atom. The molecular weight excluding hydrogens is 400 g/mol. The number of nitrogens with zero attached hydrogens (tertiary/aromatic N) is 6. The van der Waals surface area contributed by atoms with Gasteiger partial charge >= 0.3 is 0 Å². The van der Waals surface area contributed by atoms with Crippen LogP contribution >= 0.6 is 11.8 Å². The smallest absolute Gasteiger partial charge is 0.263 e. The first-order valence-electron chi connectivity index (χ1n) is 9.64. The number of amides is 1. The van der Waals surface area contributed by atoms with Crippen molar-refractivity contribution >= 4 is 29.2 Å². The number of hydrogen-bond acceptors (Lipinski definition) is 8. The number of carbonyl (C=O) groups excluding carboxylic acids is 1. The highest BCUT2D eigenvalue weighted by molar-refractivity contribution is 7.98. The number of hydrogen-bond donors (Lipinski definition) is 0. The lowest BCUT2D eigenvalue weighted by Crippen LogP contribution is -2.39. The maximum atomic E-state index is 13.5. The van der Waals surface area contributed by atoms with E-state index < -0.39 is 0 Å². The van der Waals surface area contributed by atoms with E-state index in [-0.39, 0.29) is 17.7 Å². The normalized spacial score (nSPS) is 18.0. The fourth-order valence-corrected chi connectivity index (χ4v) is 4.39. The van der Waals surface area contributed by atoms with Crippen LogP contribution in [0, 0.1) is 11.3 Å². The average Bonchev–Trinajstić information content (AvgIpc) is 3.44. The monoisotopic (exact) mass is 418 g/mol. The summed E-state index contributed by atoms with van der Waals surface area (Å²) in [5, 5.41) is 9.65. The first-order chi connectivity index (χ1) is 14.7. The fourth-order valence-electron chi connectivity index (χ4n) is 4.06.